The molecule has 1 aromatic carbocycles. The van der Waals surface area contributed by atoms with Gasteiger partial charge in [-0.25, -0.2) is 0 Å². The van der Waals surface area contributed by atoms with E-state index < -0.39 is 0 Å². The van der Waals surface area contributed by atoms with Crippen LogP contribution < -0.4 is 0 Å². The predicted octanol–water partition coefficient (Wildman–Crippen LogP) is 2.23. The molecule has 1 amide bonds. The third-order valence-electron chi connectivity index (χ3n) is 5.67. The second-order valence-corrected chi connectivity index (χ2v) is 7.26. The van der Waals surface area contributed by atoms with Gasteiger partial charge in [-0.1, -0.05) is 18.2 Å². The number of aromatic nitrogens is 2. The molecule has 0 spiro atoms. The molecule has 2 aromatic rings. The maximum atomic E-state index is 13.2. The van der Waals surface area contributed by atoms with E-state index in [4.69, 9.17) is 9.47 Å². The summed E-state index contributed by atoms with van der Waals surface area (Å²) in [4.78, 5) is 15.2. The van der Waals surface area contributed by atoms with Crippen LogP contribution in [-0.4, -0.2) is 60.1 Å². The number of amides is 1. The smallest absolute Gasteiger partial charge is 0.275 e. The van der Waals surface area contributed by atoms with Crippen LogP contribution in [0, 0.1) is 5.41 Å². The summed E-state index contributed by atoms with van der Waals surface area (Å²) in [5.74, 6) is 0.0105. The number of rotatable bonds is 3. The van der Waals surface area contributed by atoms with E-state index in [1.807, 2.05) is 36.2 Å². The number of fused-ring (bicyclic) bond motifs is 2. The summed E-state index contributed by atoms with van der Waals surface area (Å²) < 4.78 is 13.3. The first-order valence-electron chi connectivity index (χ1n) is 8.96. The van der Waals surface area contributed by atoms with Crippen LogP contribution in [0.15, 0.2) is 24.3 Å². The third-order valence-corrected chi connectivity index (χ3v) is 5.67. The van der Waals surface area contributed by atoms with Crippen LogP contribution in [-0.2, 0) is 16.5 Å². The minimum absolute atomic E-state index is 0.0105. The molecular weight excluding hydrogens is 318 g/mol. The summed E-state index contributed by atoms with van der Waals surface area (Å²) in [7, 11) is 3.61. The number of piperidine rings is 1. The Morgan fingerprint density at radius 2 is 2.28 bits per heavy atom. The third kappa shape index (κ3) is 2.73. The molecule has 0 N–H and O–H groups in total. The van der Waals surface area contributed by atoms with Crippen LogP contribution in [0.3, 0.4) is 0 Å². The number of para-hydroxylation sites is 1. The summed E-state index contributed by atoms with van der Waals surface area (Å²) in [5.41, 5.74) is 1.43. The zero-order chi connectivity index (χ0) is 17.4. The molecule has 134 valence electrons. The summed E-state index contributed by atoms with van der Waals surface area (Å²) in [6.45, 7) is 2.83. The van der Waals surface area contributed by atoms with Crippen LogP contribution in [0.1, 0.15) is 29.8 Å². The van der Waals surface area contributed by atoms with Gasteiger partial charge in [0, 0.05) is 44.7 Å². The monoisotopic (exact) mass is 343 g/mol. The lowest BCUT2D eigenvalue weighted by Gasteiger charge is -2.50. The predicted molar refractivity (Wildman–Crippen MR) is 94.5 cm³/mol. The molecule has 2 aliphatic heterocycles. The van der Waals surface area contributed by atoms with Crippen LogP contribution in [0.2, 0.25) is 0 Å². The standard InChI is InChI=1S/C19H25N3O3/c1-21-15-7-4-3-6-14(15)17(20-21)18(23)22-10-8-16-19(12-22,13-24-2)9-5-11-25-16/h3-4,6-7,16H,5,8-13H2,1-2H3/t16-,19-/m1/s1. The number of benzene rings is 1. The highest BCUT2D eigenvalue weighted by Crippen LogP contribution is 2.40. The van der Waals surface area contributed by atoms with Gasteiger partial charge in [-0.05, 0) is 25.3 Å². The Hall–Kier alpha value is -1.92. The van der Waals surface area contributed by atoms with E-state index in [1.54, 1.807) is 11.8 Å². The largest absolute Gasteiger partial charge is 0.384 e. The number of methoxy groups -OCH3 is 1. The number of carbonyl (C=O) groups excluding carboxylic acids is 1. The normalized spacial score (nSPS) is 26.6. The van der Waals surface area contributed by atoms with Gasteiger partial charge in [0.05, 0.1) is 18.2 Å². The van der Waals surface area contributed by atoms with Crippen LogP contribution in [0.4, 0.5) is 0 Å². The van der Waals surface area contributed by atoms with Crippen molar-refractivity contribution >= 4 is 16.8 Å². The van der Waals surface area contributed by atoms with Gasteiger partial charge in [0.25, 0.3) is 5.91 Å². The minimum Gasteiger partial charge on any atom is -0.384 e. The number of hydrogen-bond acceptors (Lipinski definition) is 4. The molecule has 4 rings (SSSR count). The van der Waals surface area contributed by atoms with E-state index in [0.717, 1.165) is 36.8 Å². The summed E-state index contributed by atoms with van der Waals surface area (Å²) in [5, 5.41) is 5.42. The Kier molecular flexibility index (Phi) is 4.25. The molecule has 2 saturated heterocycles. The lowest BCUT2D eigenvalue weighted by atomic mass is 9.73. The fourth-order valence-corrected chi connectivity index (χ4v) is 4.48. The van der Waals surface area contributed by atoms with Gasteiger partial charge in [-0.15, -0.1) is 0 Å². The van der Waals surface area contributed by atoms with E-state index in [-0.39, 0.29) is 17.4 Å². The molecule has 1 aromatic heterocycles. The highest BCUT2D eigenvalue weighted by atomic mass is 16.5. The highest BCUT2D eigenvalue weighted by Gasteiger charge is 2.47. The Bertz CT molecular complexity index is 783. The van der Waals surface area contributed by atoms with Crippen molar-refractivity contribution in [1.29, 1.82) is 0 Å². The van der Waals surface area contributed by atoms with Crippen LogP contribution in [0.5, 0.6) is 0 Å². The van der Waals surface area contributed by atoms with Crippen molar-refractivity contribution in [2.45, 2.75) is 25.4 Å². The summed E-state index contributed by atoms with van der Waals surface area (Å²) in [6, 6.07) is 7.88. The zero-order valence-corrected chi connectivity index (χ0v) is 14.9. The van der Waals surface area contributed by atoms with E-state index in [9.17, 15) is 4.79 Å². The second kappa shape index (κ2) is 6.42. The van der Waals surface area contributed by atoms with Gasteiger partial charge in [0.2, 0.25) is 0 Å². The quantitative estimate of drug-likeness (QED) is 0.858. The van der Waals surface area contributed by atoms with Crippen LogP contribution in [0.25, 0.3) is 10.9 Å². The molecule has 3 heterocycles. The fraction of sp³-hybridized carbons (Fsp3) is 0.579. The van der Waals surface area contributed by atoms with Crippen molar-refractivity contribution in [3.63, 3.8) is 0 Å². The number of ether oxygens (including phenoxy) is 2. The van der Waals surface area contributed by atoms with Gasteiger partial charge in [-0.2, -0.15) is 5.10 Å². The van der Waals surface area contributed by atoms with E-state index >= 15 is 0 Å². The van der Waals surface area contributed by atoms with Crippen molar-refractivity contribution in [1.82, 2.24) is 14.7 Å². The van der Waals surface area contributed by atoms with Gasteiger partial charge in [-0.3, -0.25) is 9.48 Å². The lowest BCUT2D eigenvalue weighted by Crippen LogP contribution is -2.58. The Morgan fingerprint density at radius 3 is 3.12 bits per heavy atom. The van der Waals surface area contributed by atoms with Gasteiger partial charge in [0.1, 0.15) is 0 Å². The maximum Gasteiger partial charge on any atom is 0.275 e. The topological polar surface area (TPSA) is 56.6 Å². The first-order valence-corrected chi connectivity index (χ1v) is 8.96. The van der Waals surface area contributed by atoms with Crippen molar-refractivity contribution in [3.8, 4) is 0 Å². The highest BCUT2D eigenvalue weighted by molar-refractivity contribution is 6.04. The average molecular weight is 343 g/mol. The molecule has 25 heavy (non-hydrogen) atoms. The van der Waals surface area contributed by atoms with Crippen molar-refractivity contribution in [2.24, 2.45) is 12.5 Å². The molecule has 2 aliphatic rings. The average Bonchev–Trinajstić information content (AvgIpc) is 2.98. The zero-order valence-electron chi connectivity index (χ0n) is 14.9. The van der Waals surface area contributed by atoms with Gasteiger partial charge in [0.15, 0.2) is 5.69 Å². The molecule has 0 bridgehead atoms. The molecule has 6 nitrogen and oxygen atoms in total. The van der Waals surface area contributed by atoms with Gasteiger partial charge >= 0.3 is 0 Å². The molecule has 2 atom stereocenters. The number of nitrogens with zero attached hydrogens (tertiary/aromatic N) is 3. The van der Waals surface area contributed by atoms with E-state index in [1.165, 1.54) is 0 Å². The number of aryl methyl sites for hydroxylation is 1. The minimum atomic E-state index is -0.0918. The molecule has 0 unspecified atom stereocenters. The van der Waals surface area contributed by atoms with Crippen molar-refractivity contribution in [3.05, 3.63) is 30.0 Å². The second-order valence-electron chi connectivity index (χ2n) is 7.26. The molecular formula is C19H25N3O3. The first-order chi connectivity index (χ1) is 12.1. The molecule has 0 aliphatic carbocycles. The molecule has 0 saturated carbocycles. The van der Waals surface area contributed by atoms with Crippen LogP contribution >= 0.6 is 0 Å². The number of likely N-dealkylation sites (tertiary alicyclic amines) is 1. The molecule has 0 radical (unpaired) electrons. The number of hydrogen-bond donors (Lipinski definition) is 0. The fourth-order valence-electron chi connectivity index (χ4n) is 4.48. The van der Waals surface area contributed by atoms with E-state index in [2.05, 4.69) is 5.10 Å². The van der Waals surface area contributed by atoms with Crippen molar-refractivity contribution in [2.75, 3.05) is 33.4 Å². The molecule has 2 fully saturated rings. The summed E-state index contributed by atoms with van der Waals surface area (Å²) in [6.07, 6.45) is 3.11. The Balaban J connectivity index is 1.64. The first kappa shape index (κ1) is 16.5. The Morgan fingerprint density at radius 1 is 1.44 bits per heavy atom. The van der Waals surface area contributed by atoms with E-state index in [0.29, 0.717) is 25.4 Å². The van der Waals surface area contributed by atoms with Gasteiger partial charge < -0.3 is 14.4 Å². The lowest BCUT2D eigenvalue weighted by molar-refractivity contribution is -0.142. The SMILES string of the molecule is COC[C@]12CCCO[C@@H]1CCN(C(=O)c1nn(C)c3ccccc13)C2. The number of carbonyl (C=O) groups is 1. The van der Waals surface area contributed by atoms with Crippen molar-refractivity contribution < 1.29 is 14.3 Å². The maximum absolute atomic E-state index is 13.2. The summed E-state index contributed by atoms with van der Waals surface area (Å²) >= 11 is 0. The molecule has 6 heteroatoms. The Labute approximate surface area is 147 Å².